The summed E-state index contributed by atoms with van der Waals surface area (Å²) in [5.74, 6) is -0.686. The second kappa shape index (κ2) is 11.3. The zero-order valence-electron chi connectivity index (χ0n) is 18.5. The molecule has 0 spiro atoms. The number of carbonyl (C=O) groups excluding carboxylic acids is 2. The molecule has 1 heterocycles. The van der Waals surface area contributed by atoms with E-state index in [1.165, 1.54) is 26.4 Å². The smallest absolute Gasteiger partial charge is 0.316 e. The summed E-state index contributed by atoms with van der Waals surface area (Å²) in [5.41, 5.74) is 1.02. The van der Waals surface area contributed by atoms with Crippen molar-refractivity contribution in [3.63, 3.8) is 0 Å². The Morgan fingerprint density at radius 1 is 1.12 bits per heavy atom. The molecule has 180 valence electrons. The molecule has 0 unspecified atom stereocenters. The van der Waals surface area contributed by atoms with Gasteiger partial charge in [-0.05, 0) is 36.8 Å². The van der Waals surface area contributed by atoms with Crippen LogP contribution in [0.5, 0.6) is 5.75 Å². The number of benzene rings is 2. The van der Waals surface area contributed by atoms with E-state index < -0.39 is 28.4 Å². The van der Waals surface area contributed by atoms with Gasteiger partial charge in [0.2, 0.25) is 11.0 Å². The van der Waals surface area contributed by atoms with Crippen molar-refractivity contribution in [3.8, 4) is 5.75 Å². The minimum Gasteiger partial charge on any atom is -0.495 e. The fourth-order valence-electron chi connectivity index (χ4n) is 2.80. The Kier molecular flexibility index (Phi) is 8.47. The van der Waals surface area contributed by atoms with Gasteiger partial charge in [-0.1, -0.05) is 47.4 Å². The summed E-state index contributed by atoms with van der Waals surface area (Å²) < 4.78 is 38.4. The van der Waals surface area contributed by atoms with Gasteiger partial charge in [-0.25, -0.2) is 8.42 Å². The SMILES string of the molecule is COC(=O)CSc1nnc(NC(=O)CN(c2cc(C)ccc2OC)S(=O)(=O)c2ccccc2)s1. The lowest BCUT2D eigenvalue weighted by molar-refractivity contribution is -0.137. The lowest BCUT2D eigenvalue weighted by atomic mass is 10.2. The van der Waals surface area contributed by atoms with E-state index in [0.717, 1.165) is 33.0 Å². The van der Waals surface area contributed by atoms with E-state index in [0.29, 0.717) is 10.1 Å². The molecule has 2 aromatic carbocycles. The molecule has 0 aliphatic rings. The van der Waals surface area contributed by atoms with Crippen molar-refractivity contribution in [2.45, 2.75) is 16.2 Å². The third kappa shape index (κ3) is 6.24. The minimum absolute atomic E-state index is 0.0313. The number of ether oxygens (including phenoxy) is 2. The fraction of sp³-hybridized carbons (Fsp3) is 0.238. The van der Waals surface area contributed by atoms with Crippen LogP contribution < -0.4 is 14.4 Å². The molecule has 0 saturated heterocycles. The summed E-state index contributed by atoms with van der Waals surface area (Å²) >= 11 is 2.18. The third-order valence-electron chi connectivity index (χ3n) is 4.42. The van der Waals surface area contributed by atoms with Crippen LogP contribution in [0.1, 0.15) is 5.56 Å². The van der Waals surface area contributed by atoms with E-state index in [1.807, 2.05) is 6.92 Å². The number of thioether (sulfide) groups is 1. The second-order valence-electron chi connectivity index (χ2n) is 6.79. The second-order valence-corrected chi connectivity index (χ2v) is 10.8. The van der Waals surface area contributed by atoms with E-state index in [1.54, 1.807) is 36.4 Å². The van der Waals surface area contributed by atoms with Gasteiger partial charge in [-0.2, -0.15) is 0 Å². The van der Waals surface area contributed by atoms with Gasteiger partial charge in [0.15, 0.2) is 4.34 Å². The molecule has 0 aliphatic carbocycles. The number of hydrogen-bond acceptors (Lipinski definition) is 10. The van der Waals surface area contributed by atoms with Crippen molar-refractivity contribution in [2.75, 3.05) is 36.1 Å². The summed E-state index contributed by atoms with van der Waals surface area (Å²) in [6.45, 7) is 1.28. The number of methoxy groups -OCH3 is 2. The van der Waals surface area contributed by atoms with Crippen LogP contribution in [0.3, 0.4) is 0 Å². The largest absolute Gasteiger partial charge is 0.495 e. The predicted octanol–water partition coefficient (Wildman–Crippen LogP) is 2.95. The quantitative estimate of drug-likeness (QED) is 0.243. The molecule has 0 saturated carbocycles. The molecule has 3 rings (SSSR count). The molecule has 1 aromatic heterocycles. The van der Waals surface area contributed by atoms with Gasteiger partial charge in [0.25, 0.3) is 10.0 Å². The molecule has 13 heteroatoms. The number of esters is 1. The molecule has 10 nitrogen and oxygen atoms in total. The van der Waals surface area contributed by atoms with Crippen LogP contribution in [0, 0.1) is 6.92 Å². The Hall–Kier alpha value is -3.16. The van der Waals surface area contributed by atoms with Gasteiger partial charge in [0, 0.05) is 0 Å². The van der Waals surface area contributed by atoms with Crippen LogP contribution in [0.2, 0.25) is 0 Å². The first-order chi connectivity index (χ1) is 16.2. The van der Waals surface area contributed by atoms with Crippen LogP contribution in [0.4, 0.5) is 10.8 Å². The van der Waals surface area contributed by atoms with Crippen LogP contribution in [0.15, 0.2) is 57.8 Å². The van der Waals surface area contributed by atoms with E-state index in [-0.39, 0.29) is 21.5 Å². The molecular weight excluding hydrogens is 500 g/mol. The Balaban J connectivity index is 1.87. The zero-order valence-corrected chi connectivity index (χ0v) is 21.0. The summed E-state index contributed by atoms with van der Waals surface area (Å²) in [7, 11) is -1.39. The highest BCUT2D eigenvalue weighted by molar-refractivity contribution is 8.01. The number of aromatic nitrogens is 2. The standard InChI is InChI=1S/C21H22N4O6S3/c1-14-9-10-17(30-2)16(11-14)25(34(28,29)15-7-5-4-6-8-15)12-18(26)22-20-23-24-21(33-20)32-13-19(27)31-3/h4-11H,12-13H2,1-3H3,(H,22,23,26). The lowest BCUT2D eigenvalue weighted by Gasteiger charge is -2.25. The number of aryl methyl sites for hydroxylation is 1. The lowest BCUT2D eigenvalue weighted by Crippen LogP contribution is -2.38. The average molecular weight is 523 g/mol. The Morgan fingerprint density at radius 2 is 1.85 bits per heavy atom. The van der Waals surface area contributed by atoms with Gasteiger partial charge in [0.1, 0.15) is 12.3 Å². The van der Waals surface area contributed by atoms with Gasteiger partial charge in [0.05, 0.1) is 30.6 Å². The van der Waals surface area contributed by atoms with Crippen LogP contribution >= 0.6 is 23.1 Å². The molecule has 34 heavy (non-hydrogen) atoms. The Bertz CT molecular complexity index is 1260. The van der Waals surface area contributed by atoms with Crippen molar-refractivity contribution in [1.82, 2.24) is 10.2 Å². The summed E-state index contributed by atoms with van der Waals surface area (Å²) in [4.78, 5) is 24.2. The number of anilines is 2. The maximum atomic E-state index is 13.5. The van der Waals surface area contributed by atoms with E-state index in [2.05, 4.69) is 20.3 Å². The molecule has 3 aromatic rings. The molecule has 0 fully saturated rings. The van der Waals surface area contributed by atoms with Gasteiger partial charge in [-0.15, -0.1) is 10.2 Å². The highest BCUT2D eigenvalue weighted by Gasteiger charge is 2.30. The molecule has 0 radical (unpaired) electrons. The number of amides is 1. The predicted molar refractivity (Wildman–Crippen MR) is 130 cm³/mol. The van der Waals surface area contributed by atoms with Crippen molar-refractivity contribution < 1.29 is 27.5 Å². The van der Waals surface area contributed by atoms with Gasteiger partial charge in [-0.3, -0.25) is 19.2 Å². The Labute approximate surface area is 205 Å². The Morgan fingerprint density at radius 3 is 2.53 bits per heavy atom. The first-order valence-electron chi connectivity index (χ1n) is 9.80. The van der Waals surface area contributed by atoms with Crippen molar-refractivity contribution >= 4 is 55.8 Å². The topological polar surface area (TPSA) is 128 Å². The number of sulfonamides is 1. The first kappa shape index (κ1) is 25.5. The van der Waals surface area contributed by atoms with Gasteiger partial charge < -0.3 is 9.47 Å². The normalized spacial score (nSPS) is 11.0. The van der Waals surface area contributed by atoms with Gasteiger partial charge >= 0.3 is 5.97 Å². The van der Waals surface area contributed by atoms with Crippen molar-refractivity contribution in [1.29, 1.82) is 0 Å². The molecule has 0 atom stereocenters. The van der Waals surface area contributed by atoms with E-state index >= 15 is 0 Å². The number of hydrogen-bond donors (Lipinski definition) is 1. The number of nitrogens with zero attached hydrogens (tertiary/aromatic N) is 3. The van der Waals surface area contributed by atoms with E-state index in [9.17, 15) is 18.0 Å². The van der Waals surface area contributed by atoms with Crippen LogP contribution in [0.25, 0.3) is 0 Å². The molecule has 1 N–H and O–H groups in total. The van der Waals surface area contributed by atoms with Crippen molar-refractivity contribution in [2.24, 2.45) is 0 Å². The molecule has 0 bridgehead atoms. The minimum atomic E-state index is -4.10. The molecule has 1 amide bonds. The maximum absolute atomic E-state index is 13.5. The summed E-state index contributed by atoms with van der Waals surface area (Å²) in [6.07, 6.45) is 0. The fourth-order valence-corrected chi connectivity index (χ4v) is 5.85. The number of nitrogens with one attached hydrogen (secondary N) is 1. The first-order valence-corrected chi connectivity index (χ1v) is 13.0. The van der Waals surface area contributed by atoms with Crippen molar-refractivity contribution in [3.05, 3.63) is 54.1 Å². The van der Waals surface area contributed by atoms with Crippen LogP contribution in [-0.4, -0.2) is 57.0 Å². The van der Waals surface area contributed by atoms with E-state index in [4.69, 9.17) is 4.74 Å². The third-order valence-corrected chi connectivity index (χ3v) is 8.13. The summed E-state index contributed by atoms with van der Waals surface area (Å²) in [6, 6.07) is 12.9. The average Bonchev–Trinajstić information content (AvgIpc) is 3.28. The molecule has 0 aliphatic heterocycles. The summed E-state index contributed by atoms with van der Waals surface area (Å²) in [5, 5.41) is 10.5. The number of rotatable bonds is 10. The monoisotopic (exact) mass is 522 g/mol. The maximum Gasteiger partial charge on any atom is 0.316 e. The highest BCUT2D eigenvalue weighted by Crippen LogP contribution is 2.33. The molecular formula is C21H22N4O6S3. The number of carbonyl (C=O) groups is 2. The zero-order chi connectivity index (χ0) is 24.7. The highest BCUT2D eigenvalue weighted by atomic mass is 32.2. The van der Waals surface area contributed by atoms with Crippen LogP contribution in [-0.2, 0) is 24.3 Å².